The van der Waals surface area contributed by atoms with Gasteiger partial charge in [-0.15, -0.1) is 0 Å². The number of nitrogens with zero attached hydrogens (tertiary/aromatic N) is 7. The smallest absolute Gasteiger partial charge is 0.341 e. The Morgan fingerprint density at radius 2 is 1.57 bits per heavy atom. The Morgan fingerprint density at radius 1 is 0.881 bits per heavy atom. The summed E-state index contributed by atoms with van der Waals surface area (Å²) in [4.78, 5) is 24.6. The van der Waals surface area contributed by atoms with Gasteiger partial charge in [0.2, 0.25) is 5.95 Å². The van der Waals surface area contributed by atoms with Crippen LogP contribution in [0.1, 0.15) is 64.3 Å². The zero-order valence-electron chi connectivity index (χ0n) is 25.7. The standard InChI is InChI=1S/C25H41ClN6.C6H4F3N/c1-7-9-10-12-20(3)32(6)25-28-23(19-31(5)18-11-17-30(4)8-2)27-24(29-25)21-13-15-22(26)16-14-21;7-6(8,9)5-2-1-3-10-4-5/h13-16,20H,7-12,17-19H2,1-6H3;1-4H. The lowest BCUT2D eigenvalue weighted by Crippen LogP contribution is -2.31. The summed E-state index contributed by atoms with van der Waals surface area (Å²) in [5, 5.41) is 0.710. The van der Waals surface area contributed by atoms with Gasteiger partial charge in [-0.1, -0.05) is 44.7 Å². The zero-order valence-corrected chi connectivity index (χ0v) is 26.5. The summed E-state index contributed by atoms with van der Waals surface area (Å²) >= 11 is 6.09. The first kappa shape index (κ1) is 35.4. The maximum Gasteiger partial charge on any atom is 0.417 e. The number of halogens is 4. The number of unbranched alkanes of at least 4 members (excludes halogenated alkanes) is 2. The van der Waals surface area contributed by atoms with Crippen LogP contribution in [0.2, 0.25) is 5.02 Å². The molecular weight excluding hydrogens is 563 g/mol. The Bertz CT molecular complexity index is 1160. The Morgan fingerprint density at radius 3 is 2.14 bits per heavy atom. The van der Waals surface area contributed by atoms with Crippen molar-refractivity contribution >= 4 is 17.5 Å². The second-order valence-corrected chi connectivity index (χ2v) is 11.0. The molecule has 0 aliphatic heterocycles. The van der Waals surface area contributed by atoms with Gasteiger partial charge >= 0.3 is 6.18 Å². The van der Waals surface area contributed by atoms with E-state index in [1.54, 1.807) is 0 Å². The molecule has 3 aromatic rings. The molecule has 0 saturated carbocycles. The molecule has 0 saturated heterocycles. The van der Waals surface area contributed by atoms with E-state index in [0.29, 0.717) is 23.4 Å². The number of rotatable bonds is 14. The van der Waals surface area contributed by atoms with Crippen LogP contribution >= 0.6 is 11.6 Å². The first-order valence-electron chi connectivity index (χ1n) is 14.5. The summed E-state index contributed by atoms with van der Waals surface area (Å²) in [7, 11) is 6.38. The summed E-state index contributed by atoms with van der Waals surface area (Å²) in [6.45, 7) is 10.5. The third-order valence-corrected chi connectivity index (χ3v) is 7.25. The van der Waals surface area contributed by atoms with Gasteiger partial charge in [0.05, 0.1) is 12.1 Å². The Hall–Kier alpha value is -2.82. The fourth-order valence-corrected chi connectivity index (χ4v) is 4.19. The van der Waals surface area contributed by atoms with Crippen LogP contribution in [0.3, 0.4) is 0 Å². The fourth-order valence-electron chi connectivity index (χ4n) is 4.06. The van der Waals surface area contributed by atoms with Crippen molar-refractivity contribution in [2.45, 2.75) is 71.6 Å². The Labute approximate surface area is 254 Å². The van der Waals surface area contributed by atoms with Crippen LogP contribution in [0.15, 0.2) is 48.8 Å². The number of hydrogen-bond acceptors (Lipinski definition) is 7. The van der Waals surface area contributed by atoms with Crippen LogP contribution in [0.4, 0.5) is 19.1 Å². The quantitative estimate of drug-likeness (QED) is 0.176. The van der Waals surface area contributed by atoms with E-state index in [0.717, 1.165) is 62.1 Å². The molecule has 2 heterocycles. The SMILES string of the molecule is CCCCCC(C)N(C)c1nc(CN(C)CCCN(C)CC)nc(-c2ccc(Cl)cc2)n1.FC(F)(F)c1cccnc1. The van der Waals surface area contributed by atoms with Gasteiger partial charge in [0.25, 0.3) is 0 Å². The molecule has 3 rings (SSSR count). The highest BCUT2D eigenvalue weighted by Crippen LogP contribution is 2.27. The average Bonchev–Trinajstić information content (AvgIpc) is 2.97. The van der Waals surface area contributed by atoms with E-state index < -0.39 is 11.7 Å². The topological polar surface area (TPSA) is 61.3 Å². The van der Waals surface area contributed by atoms with Crippen LogP contribution < -0.4 is 4.90 Å². The Balaban J connectivity index is 0.000000518. The van der Waals surface area contributed by atoms with E-state index in [9.17, 15) is 13.2 Å². The molecule has 0 fully saturated rings. The second-order valence-electron chi connectivity index (χ2n) is 10.6. The van der Waals surface area contributed by atoms with Crippen molar-refractivity contribution in [3.63, 3.8) is 0 Å². The summed E-state index contributed by atoms with van der Waals surface area (Å²) < 4.78 is 35.2. The zero-order chi connectivity index (χ0) is 31.1. The molecule has 7 nitrogen and oxygen atoms in total. The van der Waals surface area contributed by atoms with E-state index in [2.05, 4.69) is 61.6 Å². The molecule has 1 atom stereocenters. The maximum atomic E-state index is 11.7. The van der Waals surface area contributed by atoms with Crippen LogP contribution in [0, 0.1) is 0 Å². The maximum absolute atomic E-state index is 11.7. The van der Waals surface area contributed by atoms with Gasteiger partial charge in [-0.25, -0.2) is 4.98 Å². The minimum atomic E-state index is -4.27. The van der Waals surface area contributed by atoms with E-state index in [1.165, 1.54) is 31.5 Å². The summed E-state index contributed by atoms with van der Waals surface area (Å²) in [5.74, 6) is 2.25. The highest BCUT2D eigenvalue weighted by Gasteiger charge is 2.30. The molecule has 0 radical (unpaired) electrons. The largest absolute Gasteiger partial charge is 0.417 e. The van der Waals surface area contributed by atoms with Gasteiger partial charge in [-0.3, -0.25) is 9.88 Å². The highest BCUT2D eigenvalue weighted by atomic mass is 35.5. The second kappa shape index (κ2) is 18.0. The summed E-state index contributed by atoms with van der Waals surface area (Å²) in [6, 6.07) is 10.3. The van der Waals surface area contributed by atoms with Gasteiger partial charge in [-0.05, 0) is 89.9 Å². The minimum Gasteiger partial charge on any atom is -0.341 e. The van der Waals surface area contributed by atoms with Gasteiger partial charge in [0, 0.05) is 36.1 Å². The molecule has 1 aromatic carbocycles. The van der Waals surface area contributed by atoms with E-state index in [4.69, 9.17) is 26.6 Å². The highest BCUT2D eigenvalue weighted by molar-refractivity contribution is 6.30. The lowest BCUT2D eigenvalue weighted by Gasteiger charge is -2.26. The van der Waals surface area contributed by atoms with Crippen LogP contribution in [0.5, 0.6) is 0 Å². The molecule has 0 bridgehead atoms. The number of pyridine rings is 1. The summed E-state index contributed by atoms with van der Waals surface area (Å²) in [5.41, 5.74) is 0.244. The number of aromatic nitrogens is 4. The lowest BCUT2D eigenvalue weighted by atomic mass is 10.1. The molecule has 0 N–H and O–H groups in total. The van der Waals surface area contributed by atoms with Crippen molar-refractivity contribution in [1.82, 2.24) is 29.7 Å². The predicted octanol–water partition coefficient (Wildman–Crippen LogP) is 7.47. The molecule has 0 aliphatic carbocycles. The van der Waals surface area contributed by atoms with E-state index >= 15 is 0 Å². The molecule has 2 aromatic heterocycles. The average molecular weight is 608 g/mol. The van der Waals surface area contributed by atoms with Crippen LogP contribution in [-0.2, 0) is 12.7 Å². The number of anilines is 1. The molecule has 0 aliphatic rings. The lowest BCUT2D eigenvalue weighted by molar-refractivity contribution is -0.137. The van der Waals surface area contributed by atoms with Crippen molar-refractivity contribution in [3.8, 4) is 11.4 Å². The van der Waals surface area contributed by atoms with E-state index in [1.807, 2.05) is 24.3 Å². The Kier molecular flexibility index (Phi) is 15.1. The van der Waals surface area contributed by atoms with Crippen LogP contribution in [-0.4, -0.2) is 76.6 Å². The van der Waals surface area contributed by atoms with Crippen molar-refractivity contribution in [3.05, 3.63) is 65.2 Å². The fraction of sp³-hybridized carbons (Fsp3) is 0.548. The molecule has 1 unspecified atom stereocenters. The van der Waals surface area contributed by atoms with Crippen molar-refractivity contribution in [2.75, 3.05) is 45.7 Å². The number of hydrogen-bond donors (Lipinski definition) is 0. The van der Waals surface area contributed by atoms with Crippen molar-refractivity contribution in [2.24, 2.45) is 0 Å². The monoisotopic (exact) mass is 607 g/mol. The molecule has 11 heteroatoms. The number of alkyl halides is 3. The van der Waals surface area contributed by atoms with Gasteiger partial charge in [0.15, 0.2) is 5.82 Å². The molecule has 0 amide bonds. The third-order valence-electron chi connectivity index (χ3n) is 6.99. The predicted molar refractivity (Wildman–Crippen MR) is 166 cm³/mol. The molecule has 0 spiro atoms. The third kappa shape index (κ3) is 12.6. The minimum absolute atomic E-state index is 0.372. The first-order valence-corrected chi connectivity index (χ1v) is 14.9. The molecule has 42 heavy (non-hydrogen) atoms. The van der Waals surface area contributed by atoms with Crippen molar-refractivity contribution in [1.29, 1.82) is 0 Å². The van der Waals surface area contributed by atoms with Crippen LogP contribution in [0.25, 0.3) is 11.4 Å². The molecule has 232 valence electrons. The van der Waals surface area contributed by atoms with Gasteiger partial charge in [0.1, 0.15) is 5.82 Å². The summed E-state index contributed by atoms with van der Waals surface area (Å²) in [6.07, 6.45) is 3.79. The van der Waals surface area contributed by atoms with E-state index in [-0.39, 0.29) is 0 Å². The van der Waals surface area contributed by atoms with Gasteiger partial charge in [-0.2, -0.15) is 23.1 Å². The van der Waals surface area contributed by atoms with Crippen molar-refractivity contribution < 1.29 is 13.2 Å². The number of benzene rings is 1. The normalized spacial score (nSPS) is 12.3. The molecular formula is C31H45ClF3N7. The van der Waals surface area contributed by atoms with Gasteiger partial charge < -0.3 is 9.80 Å². The first-order chi connectivity index (χ1) is 19.9.